The molecule has 1 saturated carbocycles. The third-order valence-corrected chi connectivity index (χ3v) is 4.85. The first-order valence-corrected chi connectivity index (χ1v) is 7.23. The number of benzene rings is 1. The van der Waals surface area contributed by atoms with Crippen LogP contribution in [0.2, 0.25) is 0 Å². The Morgan fingerprint density at radius 2 is 2.22 bits per heavy atom. The third-order valence-electron chi connectivity index (χ3n) is 3.43. The summed E-state index contributed by atoms with van der Waals surface area (Å²) >= 11 is 1.88. The standard InChI is InChI=1S/C13H15N3OS/c1-18-13(6-7-13)8-14-12-15-10-5-3-2-4-9(10)11(17)16-12/h2-5H,6-8H2,1H3,(H2,14,15,16,17). The van der Waals surface area contributed by atoms with Crippen molar-refractivity contribution in [1.29, 1.82) is 0 Å². The minimum atomic E-state index is -0.0860. The SMILES string of the molecule is CSC1(CNc2nc3ccccc3c(=O)[nH]2)CC1. The fraction of sp³-hybridized carbons (Fsp3) is 0.385. The van der Waals surface area contributed by atoms with Crippen molar-refractivity contribution in [1.82, 2.24) is 9.97 Å². The van der Waals surface area contributed by atoms with Crippen LogP contribution in [0.25, 0.3) is 10.9 Å². The molecule has 1 heterocycles. The molecule has 18 heavy (non-hydrogen) atoms. The monoisotopic (exact) mass is 261 g/mol. The smallest absolute Gasteiger partial charge is 0.260 e. The second-order valence-electron chi connectivity index (χ2n) is 4.67. The maximum Gasteiger partial charge on any atom is 0.260 e. The number of hydrogen-bond acceptors (Lipinski definition) is 4. The molecule has 0 radical (unpaired) electrons. The number of aromatic amines is 1. The summed E-state index contributed by atoms with van der Waals surface area (Å²) in [6, 6.07) is 7.38. The predicted molar refractivity (Wildman–Crippen MR) is 76.3 cm³/mol. The van der Waals surface area contributed by atoms with Crippen LogP contribution in [0.15, 0.2) is 29.1 Å². The van der Waals surface area contributed by atoms with Crippen LogP contribution in [0.1, 0.15) is 12.8 Å². The van der Waals surface area contributed by atoms with Crippen molar-refractivity contribution in [3.8, 4) is 0 Å². The van der Waals surface area contributed by atoms with Crippen LogP contribution in [0.4, 0.5) is 5.95 Å². The Bertz CT molecular complexity index is 633. The van der Waals surface area contributed by atoms with Crippen LogP contribution >= 0.6 is 11.8 Å². The summed E-state index contributed by atoms with van der Waals surface area (Å²) in [6.07, 6.45) is 4.60. The van der Waals surface area contributed by atoms with E-state index in [1.54, 1.807) is 6.07 Å². The number of anilines is 1. The fourth-order valence-corrected chi connectivity index (χ4v) is 2.73. The molecule has 0 saturated heterocycles. The molecule has 4 nitrogen and oxygen atoms in total. The molecule has 5 heteroatoms. The number of rotatable bonds is 4. The molecule has 0 amide bonds. The number of H-pyrrole nitrogens is 1. The summed E-state index contributed by atoms with van der Waals surface area (Å²) in [7, 11) is 0. The Morgan fingerprint density at radius 3 is 2.94 bits per heavy atom. The van der Waals surface area contributed by atoms with E-state index in [0.717, 1.165) is 12.1 Å². The molecule has 1 aromatic carbocycles. The van der Waals surface area contributed by atoms with E-state index >= 15 is 0 Å². The van der Waals surface area contributed by atoms with Crippen molar-refractivity contribution in [2.75, 3.05) is 18.1 Å². The van der Waals surface area contributed by atoms with Gasteiger partial charge in [-0.25, -0.2) is 4.98 Å². The van der Waals surface area contributed by atoms with Gasteiger partial charge in [-0.05, 0) is 31.2 Å². The predicted octanol–water partition coefficient (Wildman–Crippen LogP) is 2.23. The van der Waals surface area contributed by atoms with Gasteiger partial charge >= 0.3 is 0 Å². The van der Waals surface area contributed by atoms with E-state index in [9.17, 15) is 4.79 Å². The molecular formula is C13H15N3OS. The van der Waals surface area contributed by atoms with Gasteiger partial charge in [-0.15, -0.1) is 0 Å². The first kappa shape index (κ1) is 11.6. The van der Waals surface area contributed by atoms with Gasteiger partial charge < -0.3 is 5.32 Å². The van der Waals surface area contributed by atoms with Crippen molar-refractivity contribution in [3.05, 3.63) is 34.6 Å². The van der Waals surface area contributed by atoms with Gasteiger partial charge in [0.15, 0.2) is 0 Å². The van der Waals surface area contributed by atoms with Crippen molar-refractivity contribution in [2.24, 2.45) is 0 Å². The maximum atomic E-state index is 11.9. The van der Waals surface area contributed by atoms with E-state index in [1.807, 2.05) is 30.0 Å². The van der Waals surface area contributed by atoms with Gasteiger partial charge in [-0.3, -0.25) is 9.78 Å². The highest BCUT2D eigenvalue weighted by Gasteiger charge is 2.41. The lowest BCUT2D eigenvalue weighted by Gasteiger charge is -2.13. The van der Waals surface area contributed by atoms with Crippen molar-refractivity contribution in [2.45, 2.75) is 17.6 Å². The Morgan fingerprint density at radius 1 is 1.44 bits per heavy atom. The molecule has 1 aliphatic rings. The van der Waals surface area contributed by atoms with Crippen LogP contribution in [0.5, 0.6) is 0 Å². The fourth-order valence-electron chi connectivity index (χ4n) is 2.01. The number of aromatic nitrogens is 2. The largest absolute Gasteiger partial charge is 0.354 e. The van der Waals surface area contributed by atoms with E-state index in [-0.39, 0.29) is 5.56 Å². The minimum Gasteiger partial charge on any atom is -0.354 e. The van der Waals surface area contributed by atoms with E-state index in [0.29, 0.717) is 16.1 Å². The highest BCUT2D eigenvalue weighted by Crippen LogP contribution is 2.46. The molecule has 0 aliphatic heterocycles. The molecule has 94 valence electrons. The summed E-state index contributed by atoms with van der Waals surface area (Å²) in [4.78, 5) is 19.1. The highest BCUT2D eigenvalue weighted by atomic mass is 32.2. The molecule has 2 N–H and O–H groups in total. The van der Waals surface area contributed by atoms with Crippen LogP contribution in [0.3, 0.4) is 0 Å². The van der Waals surface area contributed by atoms with Gasteiger partial charge in [0.25, 0.3) is 5.56 Å². The van der Waals surface area contributed by atoms with E-state index < -0.39 is 0 Å². The van der Waals surface area contributed by atoms with Crippen molar-refractivity contribution < 1.29 is 0 Å². The Hall–Kier alpha value is -1.49. The first-order chi connectivity index (χ1) is 8.72. The Balaban J connectivity index is 1.87. The van der Waals surface area contributed by atoms with Crippen LogP contribution in [-0.4, -0.2) is 27.5 Å². The van der Waals surface area contributed by atoms with Gasteiger partial charge in [-0.1, -0.05) is 12.1 Å². The normalized spacial score (nSPS) is 16.7. The number of thioether (sulfide) groups is 1. The number of nitrogens with one attached hydrogen (secondary N) is 2. The van der Waals surface area contributed by atoms with Crippen LogP contribution in [-0.2, 0) is 0 Å². The number of hydrogen-bond donors (Lipinski definition) is 2. The van der Waals surface area contributed by atoms with Gasteiger partial charge in [0.1, 0.15) is 0 Å². The lowest BCUT2D eigenvalue weighted by atomic mass is 10.2. The second-order valence-corrected chi connectivity index (χ2v) is 5.95. The van der Waals surface area contributed by atoms with E-state index in [4.69, 9.17) is 0 Å². The van der Waals surface area contributed by atoms with Crippen LogP contribution < -0.4 is 10.9 Å². The molecule has 2 aromatic rings. The van der Waals surface area contributed by atoms with Gasteiger partial charge in [0, 0.05) is 11.3 Å². The first-order valence-electron chi connectivity index (χ1n) is 6.01. The lowest BCUT2D eigenvalue weighted by molar-refractivity contribution is 0.927. The van der Waals surface area contributed by atoms with Crippen LogP contribution in [0, 0.1) is 0 Å². The average molecular weight is 261 g/mol. The quantitative estimate of drug-likeness (QED) is 0.886. The molecule has 0 atom stereocenters. The maximum absolute atomic E-state index is 11.9. The van der Waals surface area contributed by atoms with E-state index in [1.165, 1.54) is 12.8 Å². The van der Waals surface area contributed by atoms with Gasteiger partial charge in [0.2, 0.25) is 5.95 Å². The molecular weight excluding hydrogens is 246 g/mol. The number of nitrogens with zero attached hydrogens (tertiary/aromatic N) is 1. The zero-order valence-corrected chi connectivity index (χ0v) is 11.0. The second kappa shape index (κ2) is 4.31. The number of para-hydroxylation sites is 1. The van der Waals surface area contributed by atoms with Gasteiger partial charge in [-0.2, -0.15) is 11.8 Å². The average Bonchev–Trinajstić information content (AvgIpc) is 3.17. The number of fused-ring (bicyclic) bond motifs is 1. The van der Waals surface area contributed by atoms with Crippen molar-refractivity contribution in [3.63, 3.8) is 0 Å². The Labute approximate surface area is 109 Å². The summed E-state index contributed by atoms with van der Waals surface area (Å²) in [5.74, 6) is 0.569. The molecule has 3 rings (SSSR count). The Kier molecular flexibility index (Phi) is 2.78. The lowest BCUT2D eigenvalue weighted by Crippen LogP contribution is -2.21. The highest BCUT2D eigenvalue weighted by molar-refractivity contribution is 8.00. The zero-order chi connectivity index (χ0) is 12.6. The van der Waals surface area contributed by atoms with E-state index in [2.05, 4.69) is 21.5 Å². The molecule has 0 bridgehead atoms. The third kappa shape index (κ3) is 2.10. The minimum absolute atomic E-state index is 0.0860. The molecule has 0 unspecified atom stereocenters. The van der Waals surface area contributed by atoms with Gasteiger partial charge in [0.05, 0.1) is 10.9 Å². The summed E-state index contributed by atoms with van der Waals surface area (Å²) in [5.41, 5.74) is 0.648. The summed E-state index contributed by atoms with van der Waals surface area (Å²) < 4.78 is 0.351. The van der Waals surface area contributed by atoms with Crippen molar-refractivity contribution >= 4 is 28.6 Å². The summed E-state index contributed by atoms with van der Waals surface area (Å²) in [5, 5.41) is 3.88. The molecule has 1 aliphatic carbocycles. The molecule has 1 aromatic heterocycles. The topological polar surface area (TPSA) is 57.8 Å². The zero-order valence-electron chi connectivity index (χ0n) is 10.2. The molecule has 0 spiro atoms. The molecule has 1 fully saturated rings. The summed E-state index contributed by atoms with van der Waals surface area (Å²) in [6.45, 7) is 0.857.